The molecule has 0 aromatic heterocycles. The molecule has 0 amide bonds. The van der Waals surface area contributed by atoms with E-state index in [0.717, 1.165) is 36.9 Å². The molecule has 98 valence electrons. The summed E-state index contributed by atoms with van der Waals surface area (Å²) in [6.07, 6.45) is 5.20. The fourth-order valence-electron chi connectivity index (χ4n) is 2.17. The molecule has 2 unspecified atom stereocenters. The van der Waals surface area contributed by atoms with Gasteiger partial charge in [0, 0.05) is 17.5 Å². The minimum atomic E-state index is 0.157. The lowest BCUT2D eigenvalue weighted by Gasteiger charge is -2.30. The third kappa shape index (κ3) is 3.94. The van der Waals surface area contributed by atoms with E-state index in [9.17, 15) is 0 Å². The van der Waals surface area contributed by atoms with E-state index in [1.165, 1.54) is 5.56 Å². The standard InChI is InChI=1S/C15H19BrO2/c1-2-3-8-17-14-7-9-18-15(11-14)12-5-4-6-13(16)10-12/h2,4-6,10,14-15H,1,3,7-9,11H2. The van der Waals surface area contributed by atoms with Crippen LogP contribution >= 0.6 is 15.9 Å². The molecule has 18 heavy (non-hydrogen) atoms. The molecule has 2 atom stereocenters. The van der Waals surface area contributed by atoms with Gasteiger partial charge in [-0.05, 0) is 30.5 Å². The first-order valence-electron chi connectivity index (χ1n) is 6.39. The van der Waals surface area contributed by atoms with Crippen molar-refractivity contribution in [3.05, 3.63) is 47.0 Å². The summed E-state index contributed by atoms with van der Waals surface area (Å²) in [4.78, 5) is 0. The number of halogens is 1. The van der Waals surface area contributed by atoms with Gasteiger partial charge < -0.3 is 9.47 Å². The quantitative estimate of drug-likeness (QED) is 0.597. The van der Waals surface area contributed by atoms with Gasteiger partial charge in [-0.15, -0.1) is 6.58 Å². The lowest BCUT2D eigenvalue weighted by molar-refractivity contribution is -0.0730. The molecule has 1 fully saturated rings. The molecule has 1 heterocycles. The molecular weight excluding hydrogens is 292 g/mol. The van der Waals surface area contributed by atoms with Crippen LogP contribution in [0.25, 0.3) is 0 Å². The zero-order chi connectivity index (χ0) is 12.8. The van der Waals surface area contributed by atoms with Gasteiger partial charge >= 0.3 is 0 Å². The first kappa shape index (κ1) is 13.8. The fraction of sp³-hybridized carbons (Fsp3) is 0.467. The largest absolute Gasteiger partial charge is 0.378 e. The maximum Gasteiger partial charge on any atom is 0.0850 e. The van der Waals surface area contributed by atoms with Crippen LogP contribution in [0.4, 0.5) is 0 Å². The molecular formula is C15H19BrO2. The maximum absolute atomic E-state index is 5.84. The minimum Gasteiger partial charge on any atom is -0.378 e. The predicted octanol–water partition coefficient (Wildman–Crippen LogP) is 4.26. The summed E-state index contributed by atoms with van der Waals surface area (Å²) in [5.41, 5.74) is 1.22. The summed E-state index contributed by atoms with van der Waals surface area (Å²) >= 11 is 3.50. The molecule has 0 aliphatic carbocycles. The van der Waals surface area contributed by atoms with Gasteiger partial charge in [0.2, 0.25) is 0 Å². The van der Waals surface area contributed by atoms with Crippen molar-refractivity contribution < 1.29 is 9.47 Å². The second kappa shape index (κ2) is 7.07. The van der Waals surface area contributed by atoms with Gasteiger partial charge in [0.05, 0.1) is 18.8 Å². The van der Waals surface area contributed by atoms with E-state index < -0.39 is 0 Å². The molecule has 1 aromatic rings. The highest BCUT2D eigenvalue weighted by Crippen LogP contribution is 2.30. The van der Waals surface area contributed by atoms with Gasteiger partial charge in [-0.3, -0.25) is 0 Å². The van der Waals surface area contributed by atoms with E-state index in [1.807, 2.05) is 18.2 Å². The van der Waals surface area contributed by atoms with Crippen LogP contribution in [0.1, 0.15) is 30.9 Å². The normalized spacial score (nSPS) is 23.8. The first-order chi connectivity index (χ1) is 8.79. The van der Waals surface area contributed by atoms with E-state index in [-0.39, 0.29) is 6.10 Å². The summed E-state index contributed by atoms with van der Waals surface area (Å²) in [6.45, 7) is 5.24. The Hall–Kier alpha value is -0.640. The van der Waals surface area contributed by atoms with Crippen LogP contribution < -0.4 is 0 Å². The van der Waals surface area contributed by atoms with Crippen molar-refractivity contribution in [3.8, 4) is 0 Å². The zero-order valence-corrected chi connectivity index (χ0v) is 12.1. The van der Waals surface area contributed by atoms with E-state index in [1.54, 1.807) is 0 Å². The third-order valence-corrected chi connectivity index (χ3v) is 3.63. The molecule has 1 aliphatic heterocycles. The Balaban J connectivity index is 1.91. The minimum absolute atomic E-state index is 0.157. The lowest BCUT2D eigenvalue weighted by atomic mass is 9.99. The molecule has 1 saturated heterocycles. The summed E-state index contributed by atoms with van der Waals surface area (Å²) < 4.78 is 12.8. The van der Waals surface area contributed by atoms with Gasteiger partial charge in [0.25, 0.3) is 0 Å². The van der Waals surface area contributed by atoms with E-state index >= 15 is 0 Å². The van der Waals surface area contributed by atoms with Crippen molar-refractivity contribution in [2.24, 2.45) is 0 Å². The Kier molecular flexibility index (Phi) is 5.42. The lowest BCUT2D eigenvalue weighted by Crippen LogP contribution is -2.26. The van der Waals surface area contributed by atoms with Crippen molar-refractivity contribution in [2.45, 2.75) is 31.5 Å². The van der Waals surface area contributed by atoms with Crippen LogP contribution in [0.3, 0.4) is 0 Å². The molecule has 0 spiro atoms. The average Bonchev–Trinajstić information content (AvgIpc) is 2.39. The number of hydrogen-bond acceptors (Lipinski definition) is 2. The second-order valence-electron chi connectivity index (χ2n) is 4.51. The van der Waals surface area contributed by atoms with Gasteiger partial charge in [-0.2, -0.15) is 0 Å². The van der Waals surface area contributed by atoms with Crippen LogP contribution in [-0.4, -0.2) is 19.3 Å². The van der Waals surface area contributed by atoms with Crippen molar-refractivity contribution >= 4 is 15.9 Å². The Labute approximate surface area is 117 Å². The second-order valence-corrected chi connectivity index (χ2v) is 5.42. The Morgan fingerprint density at radius 1 is 1.50 bits per heavy atom. The Bertz CT molecular complexity index is 392. The third-order valence-electron chi connectivity index (χ3n) is 3.13. The van der Waals surface area contributed by atoms with Crippen LogP contribution in [0, 0.1) is 0 Å². The molecule has 2 rings (SSSR count). The summed E-state index contributed by atoms with van der Waals surface area (Å²) in [6, 6.07) is 8.31. The fourth-order valence-corrected chi connectivity index (χ4v) is 2.59. The predicted molar refractivity (Wildman–Crippen MR) is 76.6 cm³/mol. The molecule has 0 radical (unpaired) electrons. The summed E-state index contributed by atoms with van der Waals surface area (Å²) in [5.74, 6) is 0. The number of hydrogen-bond donors (Lipinski definition) is 0. The molecule has 2 nitrogen and oxygen atoms in total. The molecule has 1 aliphatic rings. The molecule has 0 bridgehead atoms. The SMILES string of the molecule is C=CCCOC1CCOC(c2cccc(Br)c2)C1. The van der Waals surface area contributed by atoms with Gasteiger partial charge in [0.15, 0.2) is 0 Å². The maximum atomic E-state index is 5.84. The van der Waals surface area contributed by atoms with E-state index in [2.05, 4.69) is 34.6 Å². The summed E-state index contributed by atoms with van der Waals surface area (Å²) in [5, 5.41) is 0. The van der Waals surface area contributed by atoms with Gasteiger partial charge in [-0.1, -0.05) is 34.1 Å². The highest BCUT2D eigenvalue weighted by molar-refractivity contribution is 9.10. The molecule has 0 N–H and O–H groups in total. The van der Waals surface area contributed by atoms with Crippen LogP contribution in [0.2, 0.25) is 0 Å². The first-order valence-corrected chi connectivity index (χ1v) is 7.18. The monoisotopic (exact) mass is 310 g/mol. The Morgan fingerprint density at radius 2 is 2.39 bits per heavy atom. The van der Waals surface area contributed by atoms with Crippen LogP contribution in [0.15, 0.2) is 41.4 Å². The van der Waals surface area contributed by atoms with E-state index in [0.29, 0.717) is 6.10 Å². The number of rotatable bonds is 5. The summed E-state index contributed by atoms with van der Waals surface area (Å²) in [7, 11) is 0. The van der Waals surface area contributed by atoms with Crippen molar-refractivity contribution in [3.63, 3.8) is 0 Å². The van der Waals surface area contributed by atoms with Crippen molar-refractivity contribution in [1.82, 2.24) is 0 Å². The zero-order valence-electron chi connectivity index (χ0n) is 10.5. The van der Waals surface area contributed by atoms with Crippen LogP contribution in [-0.2, 0) is 9.47 Å². The number of benzene rings is 1. The van der Waals surface area contributed by atoms with Crippen LogP contribution in [0.5, 0.6) is 0 Å². The number of ether oxygens (including phenoxy) is 2. The molecule has 1 aromatic carbocycles. The van der Waals surface area contributed by atoms with Gasteiger partial charge in [0.1, 0.15) is 0 Å². The van der Waals surface area contributed by atoms with Crippen molar-refractivity contribution in [2.75, 3.05) is 13.2 Å². The molecule has 3 heteroatoms. The Morgan fingerprint density at radius 3 is 3.17 bits per heavy atom. The highest BCUT2D eigenvalue weighted by atomic mass is 79.9. The van der Waals surface area contributed by atoms with Gasteiger partial charge in [-0.25, -0.2) is 0 Å². The molecule has 0 saturated carbocycles. The average molecular weight is 311 g/mol. The van der Waals surface area contributed by atoms with Crippen molar-refractivity contribution in [1.29, 1.82) is 0 Å². The van der Waals surface area contributed by atoms with E-state index in [4.69, 9.17) is 9.47 Å². The topological polar surface area (TPSA) is 18.5 Å². The smallest absolute Gasteiger partial charge is 0.0850 e. The highest BCUT2D eigenvalue weighted by Gasteiger charge is 2.24.